The van der Waals surface area contributed by atoms with E-state index in [0.717, 1.165) is 12.8 Å². The zero-order valence-electron chi connectivity index (χ0n) is 14.7. The summed E-state index contributed by atoms with van der Waals surface area (Å²) < 4.78 is 2.03. The molecule has 1 fully saturated rings. The van der Waals surface area contributed by atoms with E-state index in [2.05, 4.69) is 31.3 Å². The molecule has 1 aromatic heterocycles. The molecular weight excluding hydrogens is 296 g/mol. The van der Waals surface area contributed by atoms with Gasteiger partial charge in [-0.05, 0) is 36.0 Å². The van der Waals surface area contributed by atoms with E-state index in [0.29, 0.717) is 17.9 Å². The summed E-state index contributed by atoms with van der Waals surface area (Å²) in [4.78, 5) is 13.0. The maximum Gasteiger partial charge on any atom is 0.243 e. The summed E-state index contributed by atoms with van der Waals surface area (Å²) >= 11 is 0. The second-order valence-electron chi connectivity index (χ2n) is 7.22. The van der Waals surface area contributed by atoms with Crippen LogP contribution in [0, 0.1) is 11.8 Å². The van der Waals surface area contributed by atoms with Crippen LogP contribution in [0.5, 0.6) is 0 Å². The van der Waals surface area contributed by atoms with Crippen LogP contribution in [0.4, 0.5) is 0 Å². The highest BCUT2D eigenvalue weighted by molar-refractivity contribution is 5.81. The first-order valence-corrected chi connectivity index (χ1v) is 9.12. The Hall–Kier alpha value is -2.03. The Morgan fingerprint density at radius 1 is 1.12 bits per heavy atom. The molecule has 1 saturated carbocycles. The quantitative estimate of drug-likeness (QED) is 0.878. The van der Waals surface area contributed by atoms with Gasteiger partial charge in [0.05, 0.1) is 0 Å². The van der Waals surface area contributed by atoms with E-state index in [4.69, 9.17) is 0 Å². The Labute approximate surface area is 145 Å². The average Bonchev–Trinajstić information content (AvgIpc) is 3.12. The van der Waals surface area contributed by atoms with Crippen molar-refractivity contribution in [3.63, 3.8) is 0 Å². The lowest BCUT2D eigenvalue weighted by molar-refractivity contribution is -0.125. The normalized spacial score (nSPS) is 25.2. The van der Waals surface area contributed by atoms with Crippen LogP contribution in [0.2, 0.25) is 0 Å². The Morgan fingerprint density at radius 2 is 1.83 bits per heavy atom. The van der Waals surface area contributed by atoms with Crippen LogP contribution >= 0.6 is 0 Å². The van der Waals surface area contributed by atoms with Crippen molar-refractivity contribution in [2.75, 3.05) is 0 Å². The minimum Gasteiger partial charge on any atom is -0.351 e. The molecule has 0 unspecified atom stereocenters. The monoisotopic (exact) mass is 324 g/mol. The summed E-state index contributed by atoms with van der Waals surface area (Å²) in [6.45, 7) is 4.58. The van der Waals surface area contributed by atoms with Crippen molar-refractivity contribution in [3.05, 3.63) is 60.4 Å². The van der Waals surface area contributed by atoms with Gasteiger partial charge in [0.25, 0.3) is 0 Å². The maximum atomic E-state index is 13.0. The highest BCUT2D eigenvalue weighted by atomic mass is 16.2. The highest BCUT2D eigenvalue weighted by Crippen LogP contribution is 2.30. The molecule has 24 heavy (non-hydrogen) atoms. The second-order valence-corrected chi connectivity index (χ2v) is 7.22. The maximum absolute atomic E-state index is 13.0. The first kappa shape index (κ1) is 16.8. The molecule has 4 atom stereocenters. The molecule has 3 heteroatoms. The third-order valence-corrected chi connectivity index (χ3v) is 5.60. The Balaban J connectivity index is 1.74. The molecular formula is C21H28N2O. The topological polar surface area (TPSA) is 34.0 Å². The molecule has 3 rings (SSSR count). The molecule has 1 aliphatic rings. The number of carbonyl (C=O) groups is 1. The molecule has 0 spiro atoms. The number of nitrogens with one attached hydrogen (secondary N) is 1. The molecule has 0 aliphatic heterocycles. The number of rotatable bonds is 5. The van der Waals surface area contributed by atoms with E-state index >= 15 is 0 Å². The molecule has 1 heterocycles. The van der Waals surface area contributed by atoms with Crippen LogP contribution in [0.15, 0.2) is 54.9 Å². The molecule has 1 amide bonds. The minimum atomic E-state index is -0.188. The van der Waals surface area contributed by atoms with Crippen molar-refractivity contribution in [1.82, 2.24) is 9.88 Å². The van der Waals surface area contributed by atoms with Gasteiger partial charge in [0, 0.05) is 24.9 Å². The van der Waals surface area contributed by atoms with Gasteiger partial charge < -0.3 is 9.88 Å². The van der Waals surface area contributed by atoms with Crippen LogP contribution in [0.25, 0.3) is 0 Å². The lowest BCUT2D eigenvalue weighted by Gasteiger charge is -2.35. The first-order chi connectivity index (χ1) is 11.6. The number of carbonyl (C=O) groups excluding carboxylic acids is 1. The molecule has 2 aromatic rings. The van der Waals surface area contributed by atoms with Gasteiger partial charge in [-0.2, -0.15) is 0 Å². The number of hydrogen-bond donors (Lipinski definition) is 1. The summed E-state index contributed by atoms with van der Waals surface area (Å²) in [5.74, 6) is 1.37. The number of hydrogen-bond acceptors (Lipinski definition) is 1. The zero-order chi connectivity index (χ0) is 16.9. The standard InChI is InChI=1S/C21H28N2O/c1-16-9-8-12-19(17(16)2)22-21(24)20(23-13-6-7-14-23)15-18-10-4-3-5-11-18/h3-7,10-11,13-14,16-17,19-20H,8-9,12,15H2,1-2H3,(H,22,24)/t16-,17+,19+,20-/m1/s1. The summed E-state index contributed by atoms with van der Waals surface area (Å²) in [5.41, 5.74) is 1.19. The summed E-state index contributed by atoms with van der Waals surface area (Å²) in [6, 6.07) is 14.3. The minimum absolute atomic E-state index is 0.140. The van der Waals surface area contributed by atoms with Crippen molar-refractivity contribution in [2.24, 2.45) is 11.8 Å². The van der Waals surface area contributed by atoms with E-state index in [1.165, 1.54) is 18.4 Å². The van der Waals surface area contributed by atoms with Crippen molar-refractivity contribution in [2.45, 2.75) is 51.6 Å². The van der Waals surface area contributed by atoms with Crippen molar-refractivity contribution < 1.29 is 4.79 Å². The fourth-order valence-corrected chi connectivity index (χ4v) is 3.79. The van der Waals surface area contributed by atoms with Gasteiger partial charge in [0.1, 0.15) is 6.04 Å². The summed E-state index contributed by atoms with van der Waals surface area (Å²) in [6.07, 6.45) is 8.28. The Bertz CT molecular complexity index is 635. The van der Waals surface area contributed by atoms with Crippen LogP contribution < -0.4 is 5.32 Å². The Kier molecular flexibility index (Phi) is 5.39. The lowest BCUT2D eigenvalue weighted by Crippen LogP contribution is -2.46. The molecule has 1 aliphatic carbocycles. The predicted octanol–water partition coefficient (Wildman–Crippen LogP) is 4.21. The molecule has 0 saturated heterocycles. The van der Waals surface area contributed by atoms with E-state index in [9.17, 15) is 4.79 Å². The molecule has 0 bridgehead atoms. The van der Waals surface area contributed by atoms with Gasteiger partial charge >= 0.3 is 0 Å². The van der Waals surface area contributed by atoms with E-state index < -0.39 is 0 Å². The van der Waals surface area contributed by atoms with Gasteiger partial charge in [-0.3, -0.25) is 4.79 Å². The van der Waals surface area contributed by atoms with Crippen LogP contribution in [-0.4, -0.2) is 16.5 Å². The molecule has 1 N–H and O–H groups in total. The lowest BCUT2D eigenvalue weighted by atomic mass is 9.78. The SMILES string of the molecule is C[C@H]1[C@H](C)CCC[C@@H]1NC(=O)[C@@H](Cc1ccccc1)n1cccc1. The third-order valence-electron chi connectivity index (χ3n) is 5.60. The van der Waals surface area contributed by atoms with Crippen LogP contribution in [0.1, 0.15) is 44.7 Å². The highest BCUT2D eigenvalue weighted by Gasteiger charge is 2.30. The average molecular weight is 324 g/mol. The van der Waals surface area contributed by atoms with E-state index in [1.54, 1.807) is 0 Å². The molecule has 3 nitrogen and oxygen atoms in total. The van der Waals surface area contributed by atoms with Crippen LogP contribution in [-0.2, 0) is 11.2 Å². The number of aromatic nitrogens is 1. The largest absolute Gasteiger partial charge is 0.351 e. The van der Waals surface area contributed by atoms with Crippen molar-refractivity contribution in [3.8, 4) is 0 Å². The third kappa shape index (κ3) is 3.89. The number of amides is 1. The summed E-state index contributed by atoms with van der Waals surface area (Å²) in [7, 11) is 0. The molecule has 128 valence electrons. The molecule has 1 aromatic carbocycles. The number of nitrogens with zero attached hydrogens (tertiary/aromatic N) is 1. The van der Waals surface area contributed by atoms with Gasteiger partial charge in [-0.1, -0.05) is 57.0 Å². The van der Waals surface area contributed by atoms with Crippen molar-refractivity contribution >= 4 is 5.91 Å². The fourth-order valence-electron chi connectivity index (χ4n) is 3.79. The first-order valence-electron chi connectivity index (χ1n) is 9.12. The van der Waals surface area contributed by atoms with Crippen molar-refractivity contribution in [1.29, 1.82) is 0 Å². The van der Waals surface area contributed by atoms with E-state index in [-0.39, 0.29) is 11.9 Å². The molecule has 0 radical (unpaired) electrons. The second kappa shape index (κ2) is 7.69. The Morgan fingerprint density at radius 3 is 2.54 bits per heavy atom. The van der Waals surface area contributed by atoms with E-state index in [1.807, 2.05) is 47.3 Å². The zero-order valence-corrected chi connectivity index (χ0v) is 14.7. The number of benzene rings is 1. The summed E-state index contributed by atoms with van der Waals surface area (Å²) in [5, 5.41) is 3.35. The fraction of sp³-hybridized carbons (Fsp3) is 0.476. The van der Waals surface area contributed by atoms with Gasteiger partial charge in [0.15, 0.2) is 0 Å². The van der Waals surface area contributed by atoms with Gasteiger partial charge in [-0.25, -0.2) is 0 Å². The predicted molar refractivity (Wildman–Crippen MR) is 97.7 cm³/mol. The van der Waals surface area contributed by atoms with Crippen LogP contribution in [0.3, 0.4) is 0 Å². The van der Waals surface area contributed by atoms with Gasteiger partial charge in [-0.15, -0.1) is 0 Å². The van der Waals surface area contributed by atoms with Gasteiger partial charge in [0.2, 0.25) is 5.91 Å². The smallest absolute Gasteiger partial charge is 0.243 e.